The molecular formula is C63H46N2S4. The maximum Gasteiger partial charge on any atom is 0.0481 e. The van der Waals surface area contributed by atoms with Gasteiger partial charge >= 0.3 is 0 Å². The number of nitrogens with zero attached hydrogens (tertiary/aromatic N) is 2. The summed E-state index contributed by atoms with van der Waals surface area (Å²) >= 11 is 7.49. The highest BCUT2D eigenvalue weighted by Crippen LogP contribution is 2.53. The molecule has 0 aromatic heterocycles. The lowest BCUT2D eigenvalue weighted by molar-refractivity contribution is 0.975. The predicted molar refractivity (Wildman–Crippen MR) is 295 cm³/mol. The number of fused-ring (bicyclic) bond motifs is 4. The molecule has 10 aromatic rings. The van der Waals surface area contributed by atoms with Crippen LogP contribution in [0.15, 0.2) is 270 Å². The third kappa shape index (κ3) is 8.90. The Balaban J connectivity index is 0.792. The molecule has 6 heteroatoms. The number of aryl methyl sites for hydroxylation is 2. The van der Waals surface area contributed by atoms with Crippen molar-refractivity contribution in [3.63, 3.8) is 0 Å². The van der Waals surface area contributed by atoms with Crippen LogP contribution >= 0.6 is 47.0 Å². The topological polar surface area (TPSA) is 6.48 Å². The number of rotatable bonds is 10. The SMILES string of the molecule is Cc1ccc(N(Cc2ccc(-c3ccc(N(c4ccc(C)cc4)c4ccc(-c5cccc6c5Sc5ccccc5S6)cc4)cc3)cc2)c2ccc(-c3cccc4c3Sc3ccccc3S4)cc2)cc1. The van der Waals surface area contributed by atoms with E-state index in [4.69, 9.17) is 0 Å². The van der Waals surface area contributed by atoms with Crippen molar-refractivity contribution in [3.8, 4) is 33.4 Å². The van der Waals surface area contributed by atoms with Gasteiger partial charge in [-0.25, -0.2) is 0 Å². The van der Waals surface area contributed by atoms with Gasteiger partial charge in [0.25, 0.3) is 0 Å². The summed E-state index contributed by atoms with van der Waals surface area (Å²) in [6.45, 7) is 5.04. The highest BCUT2D eigenvalue weighted by Gasteiger charge is 2.23. The van der Waals surface area contributed by atoms with E-state index in [2.05, 4.69) is 254 Å². The largest absolute Gasteiger partial charge is 0.337 e. The van der Waals surface area contributed by atoms with E-state index < -0.39 is 0 Å². The molecular weight excluding hydrogens is 913 g/mol. The van der Waals surface area contributed by atoms with Crippen molar-refractivity contribution in [1.82, 2.24) is 0 Å². The molecule has 0 amide bonds. The summed E-state index contributed by atoms with van der Waals surface area (Å²) in [6, 6.07) is 84.8. The zero-order chi connectivity index (χ0) is 46.3. The van der Waals surface area contributed by atoms with Crippen molar-refractivity contribution < 1.29 is 0 Å². The Bertz CT molecular complexity index is 3460. The smallest absolute Gasteiger partial charge is 0.0481 e. The van der Waals surface area contributed by atoms with Gasteiger partial charge in [-0.05, 0) is 150 Å². The van der Waals surface area contributed by atoms with Crippen LogP contribution in [0.4, 0.5) is 28.4 Å². The Hall–Kier alpha value is -6.80. The van der Waals surface area contributed by atoms with Crippen molar-refractivity contribution >= 4 is 75.5 Å². The van der Waals surface area contributed by atoms with Crippen molar-refractivity contribution in [1.29, 1.82) is 0 Å². The van der Waals surface area contributed by atoms with Crippen molar-refractivity contribution in [2.24, 2.45) is 0 Å². The van der Waals surface area contributed by atoms with Gasteiger partial charge < -0.3 is 9.80 Å². The average Bonchev–Trinajstić information content (AvgIpc) is 3.40. The minimum Gasteiger partial charge on any atom is -0.337 e. The van der Waals surface area contributed by atoms with Gasteiger partial charge in [-0.15, -0.1) is 0 Å². The van der Waals surface area contributed by atoms with Gasteiger partial charge in [0.15, 0.2) is 0 Å². The van der Waals surface area contributed by atoms with Crippen LogP contribution in [-0.2, 0) is 6.54 Å². The molecule has 0 fully saturated rings. The summed E-state index contributed by atoms with van der Waals surface area (Å²) < 4.78 is 0. The van der Waals surface area contributed by atoms with E-state index in [0.717, 1.165) is 29.3 Å². The number of benzene rings is 10. The van der Waals surface area contributed by atoms with Crippen molar-refractivity contribution in [2.45, 2.75) is 59.6 Å². The summed E-state index contributed by atoms with van der Waals surface area (Å²) in [6.07, 6.45) is 0. The minimum atomic E-state index is 0.744. The Morgan fingerprint density at radius 3 is 1.06 bits per heavy atom. The fourth-order valence-corrected chi connectivity index (χ4v) is 14.0. The molecule has 332 valence electrons. The molecule has 10 aromatic carbocycles. The first-order chi connectivity index (χ1) is 34.0. The molecule has 12 rings (SSSR count). The van der Waals surface area contributed by atoms with Crippen LogP contribution in [0.1, 0.15) is 16.7 Å². The molecule has 0 N–H and O–H groups in total. The van der Waals surface area contributed by atoms with Gasteiger partial charge in [0, 0.05) is 74.1 Å². The molecule has 2 heterocycles. The van der Waals surface area contributed by atoms with Gasteiger partial charge in [0.2, 0.25) is 0 Å². The first kappa shape index (κ1) is 43.5. The second kappa shape index (κ2) is 18.9. The predicted octanol–water partition coefficient (Wildman–Crippen LogP) is 19.3. The van der Waals surface area contributed by atoms with Crippen LogP contribution in [-0.4, -0.2) is 0 Å². The van der Waals surface area contributed by atoms with Crippen LogP contribution in [0.5, 0.6) is 0 Å². The second-order valence-electron chi connectivity index (χ2n) is 17.5. The van der Waals surface area contributed by atoms with E-state index in [1.165, 1.54) is 94.9 Å². The molecule has 2 aliphatic rings. The molecule has 0 aliphatic carbocycles. The summed E-state index contributed by atoms with van der Waals surface area (Å²) in [4.78, 5) is 15.4. The van der Waals surface area contributed by atoms with Crippen LogP contribution in [0, 0.1) is 13.8 Å². The monoisotopic (exact) mass is 958 g/mol. The highest BCUT2D eigenvalue weighted by atomic mass is 32.2. The number of hydrogen-bond acceptors (Lipinski definition) is 6. The number of hydrogen-bond donors (Lipinski definition) is 0. The van der Waals surface area contributed by atoms with Crippen LogP contribution in [0.3, 0.4) is 0 Å². The summed E-state index contributed by atoms with van der Waals surface area (Å²) in [7, 11) is 0. The molecule has 0 spiro atoms. The van der Waals surface area contributed by atoms with E-state index >= 15 is 0 Å². The van der Waals surface area contributed by atoms with Crippen molar-refractivity contribution in [3.05, 3.63) is 247 Å². The lowest BCUT2D eigenvalue weighted by Gasteiger charge is -2.27. The Morgan fingerprint density at radius 1 is 0.290 bits per heavy atom. The molecule has 2 aliphatic heterocycles. The molecule has 0 radical (unpaired) electrons. The maximum atomic E-state index is 2.42. The second-order valence-corrected chi connectivity index (χ2v) is 21.8. The first-order valence-electron chi connectivity index (χ1n) is 23.2. The van der Waals surface area contributed by atoms with Gasteiger partial charge in [0.05, 0.1) is 0 Å². The summed E-state index contributed by atoms with van der Waals surface area (Å²) in [5.41, 5.74) is 16.8. The fourth-order valence-electron chi connectivity index (χ4n) is 9.15. The summed E-state index contributed by atoms with van der Waals surface area (Å²) in [5, 5.41) is 0. The van der Waals surface area contributed by atoms with E-state index in [-0.39, 0.29) is 0 Å². The molecule has 0 atom stereocenters. The summed E-state index contributed by atoms with van der Waals surface area (Å²) in [5.74, 6) is 0. The van der Waals surface area contributed by atoms with Gasteiger partial charge in [-0.2, -0.15) is 0 Å². The highest BCUT2D eigenvalue weighted by molar-refractivity contribution is 8.05. The molecule has 0 saturated carbocycles. The maximum absolute atomic E-state index is 2.42. The Labute approximate surface area is 422 Å². The zero-order valence-electron chi connectivity index (χ0n) is 38.2. The molecule has 0 saturated heterocycles. The van der Waals surface area contributed by atoms with E-state index in [9.17, 15) is 0 Å². The van der Waals surface area contributed by atoms with Crippen LogP contribution in [0.25, 0.3) is 33.4 Å². The fraction of sp³-hybridized carbons (Fsp3) is 0.0476. The van der Waals surface area contributed by atoms with Crippen LogP contribution in [0.2, 0.25) is 0 Å². The van der Waals surface area contributed by atoms with Crippen molar-refractivity contribution in [2.75, 3.05) is 9.80 Å². The van der Waals surface area contributed by atoms with E-state index in [0.29, 0.717) is 0 Å². The Kier molecular flexibility index (Phi) is 11.9. The van der Waals surface area contributed by atoms with Crippen LogP contribution < -0.4 is 9.80 Å². The Morgan fingerprint density at radius 2 is 0.623 bits per heavy atom. The van der Waals surface area contributed by atoms with Gasteiger partial charge in [-0.1, -0.05) is 192 Å². The number of anilines is 5. The van der Waals surface area contributed by atoms with Gasteiger partial charge in [-0.3, -0.25) is 0 Å². The molecule has 0 unspecified atom stereocenters. The normalized spacial score (nSPS) is 12.3. The van der Waals surface area contributed by atoms with E-state index in [1.54, 1.807) is 0 Å². The average molecular weight is 959 g/mol. The van der Waals surface area contributed by atoms with Gasteiger partial charge in [0.1, 0.15) is 0 Å². The molecule has 2 nitrogen and oxygen atoms in total. The molecule has 69 heavy (non-hydrogen) atoms. The standard InChI is InChI=1S/C63H46N2S4/c1-42-17-31-49(32-18-42)64(50-35-27-47(28-36-50)54-9-7-15-60-62(54)68-58-13-5-3-11-56(58)66-60)41-44-21-23-45(24-22-44)46-25-37-52(38-26-46)65(51-33-19-43(2)20-34-51)53-39-29-48(30-40-53)55-10-8-16-61-63(55)69-59-14-6-4-12-57(59)67-61/h3-40H,41H2,1-2H3. The zero-order valence-corrected chi connectivity index (χ0v) is 41.4. The van der Waals surface area contributed by atoms with E-state index in [1.807, 2.05) is 47.0 Å². The minimum absolute atomic E-state index is 0.744. The third-order valence-corrected chi connectivity index (χ3v) is 18.1. The quantitative estimate of drug-likeness (QED) is 0.134. The lowest BCUT2D eigenvalue weighted by Crippen LogP contribution is -2.16. The molecule has 0 bridgehead atoms. The lowest BCUT2D eigenvalue weighted by atomic mass is 10.0. The first-order valence-corrected chi connectivity index (χ1v) is 26.5. The third-order valence-electron chi connectivity index (χ3n) is 12.8.